The Morgan fingerprint density at radius 1 is 0.931 bits per heavy atom. The third kappa shape index (κ3) is 4.68. The molecule has 0 saturated carbocycles. The molecular formula is C22H26N4O3. The minimum Gasteiger partial charge on any atom is -0.493 e. The summed E-state index contributed by atoms with van der Waals surface area (Å²) >= 11 is 0. The standard InChI is InChI=1S/C22H26N4O3/c1-23-22(26-14-16-9-10-24-18-8-6-5-7-17(16)18)25-13-15-11-19(27-2)21(29-4)20(12-15)28-3/h5-12H,13-14H2,1-4H3,(H2,23,25,26). The molecular weight excluding hydrogens is 368 g/mol. The van der Waals surface area contributed by atoms with Crippen molar-refractivity contribution >= 4 is 16.9 Å². The van der Waals surface area contributed by atoms with Gasteiger partial charge in [-0.1, -0.05) is 18.2 Å². The number of guanidine groups is 1. The Morgan fingerprint density at radius 3 is 2.28 bits per heavy atom. The number of benzene rings is 2. The van der Waals surface area contributed by atoms with Crippen LogP contribution in [0.5, 0.6) is 17.2 Å². The number of hydrogen-bond donors (Lipinski definition) is 2. The van der Waals surface area contributed by atoms with Gasteiger partial charge >= 0.3 is 0 Å². The van der Waals surface area contributed by atoms with Gasteiger partial charge in [-0.05, 0) is 35.4 Å². The lowest BCUT2D eigenvalue weighted by Crippen LogP contribution is -2.36. The van der Waals surface area contributed by atoms with Crippen LogP contribution in [0.2, 0.25) is 0 Å². The Kier molecular flexibility index (Phi) is 6.73. The zero-order valence-corrected chi connectivity index (χ0v) is 17.2. The second-order valence-corrected chi connectivity index (χ2v) is 6.30. The number of rotatable bonds is 7. The first-order chi connectivity index (χ1) is 14.2. The van der Waals surface area contributed by atoms with E-state index in [1.54, 1.807) is 28.4 Å². The normalized spacial score (nSPS) is 11.2. The molecule has 3 aromatic rings. The summed E-state index contributed by atoms with van der Waals surface area (Å²) < 4.78 is 16.2. The topological polar surface area (TPSA) is 77.0 Å². The van der Waals surface area contributed by atoms with Crippen molar-refractivity contribution in [2.75, 3.05) is 28.4 Å². The molecule has 2 aromatic carbocycles. The van der Waals surface area contributed by atoms with Gasteiger partial charge < -0.3 is 24.8 Å². The molecule has 0 unspecified atom stereocenters. The molecule has 0 radical (unpaired) electrons. The number of ether oxygens (including phenoxy) is 3. The molecule has 3 rings (SSSR count). The summed E-state index contributed by atoms with van der Waals surface area (Å²) in [5.74, 6) is 2.51. The molecule has 0 aliphatic carbocycles. The van der Waals surface area contributed by atoms with E-state index in [9.17, 15) is 0 Å². The molecule has 0 aliphatic rings. The molecule has 1 heterocycles. The van der Waals surface area contributed by atoms with Crippen LogP contribution < -0.4 is 24.8 Å². The maximum Gasteiger partial charge on any atom is 0.203 e. The van der Waals surface area contributed by atoms with Gasteiger partial charge in [-0.3, -0.25) is 9.98 Å². The highest BCUT2D eigenvalue weighted by Crippen LogP contribution is 2.38. The summed E-state index contributed by atoms with van der Waals surface area (Å²) in [6, 6.07) is 13.9. The number of aliphatic imine (C=N–C) groups is 1. The van der Waals surface area contributed by atoms with Crippen molar-refractivity contribution in [3.63, 3.8) is 0 Å². The molecule has 0 bridgehead atoms. The summed E-state index contributed by atoms with van der Waals surface area (Å²) in [6.07, 6.45) is 1.82. The van der Waals surface area contributed by atoms with Crippen LogP contribution in [-0.4, -0.2) is 39.3 Å². The van der Waals surface area contributed by atoms with E-state index in [4.69, 9.17) is 14.2 Å². The molecule has 0 fully saturated rings. The minimum atomic E-state index is 0.549. The maximum absolute atomic E-state index is 5.41. The third-order valence-corrected chi connectivity index (χ3v) is 4.59. The predicted octanol–water partition coefficient (Wildman–Crippen LogP) is 3.13. The highest BCUT2D eigenvalue weighted by molar-refractivity contribution is 5.83. The molecule has 0 atom stereocenters. The average molecular weight is 394 g/mol. The third-order valence-electron chi connectivity index (χ3n) is 4.59. The molecule has 0 aliphatic heterocycles. The average Bonchev–Trinajstić information content (AvgIpc) is 2.78. The van der Waals surface area contributed by atoms with Gasteiger partial charge in [0.25, 0.3) is 0 Å². The molecule has 0 amide bonds. The SMILES string of the molecule is CN=C(NCc1cc(OC)c(OC)c(OC)c1)NCc1ccnc2ccccc12. The smallest absolute Gasteiger partial charge is 0.203 e. The van der Waals surface area contributed by atoms with E-state index >= 15 is 0 Å². The number of para-hydroxylation sites is 1. The number of nitrogens with zero attached hydrogens (tertiary/aromatic N) is 2. The van der Waals surface area contributed by atoms with Crippen molar-refractivity contribution in [2.24, 2.45) is 4.99 Å². The predicted molar refractivity (Wildman–Crippen MR) is 115 cm³/mol. The largest absolute Gasteiger partial charge is 0.493 e. The second kappa shape index (κ2) is 9.64. The van der Waals surface area contributed by atoms with E-state index in [2.05, 4.69) is 26.7 Å². The first kappa shape index (κ1) is 20.3. The molecule has 7 nitrogen and oxygen atoms in total. The van der Waals surface area contributed by atoms with Gasteiger partial charge in [0.2, 0.25) is 5.75 Å². The number of fused-ring (bicyclic) bond motifs is 1. The van der Waals surface area contributed by atoms with E-state index in [-0.39, 0.29) is 0 Å². The molecule has 0 spiro atoms. The second-order valence-electron chi connectivity index (χ2n) is 6.30. The Hall–Kier alpha value is -3.48. The zero-order chi connectivity index (χ0) is 20.6. The first-order valence-corrected chi connectivity index (χ1v) is 9.26. The van der Waals surface area contributed by atoms with Crippen LogP contribution in [0.3, 0.4) is 0 Å². The van der Waals surface area contributed by atoms with Gasteiger partial charge in [-0.2, -0.15) is 0 Å². The molecule has 0 saturated heterocycles. The van der Waals surface area contributed by atoms with Crippen LogP contribution >= 0.6 is 0 Å². The first-order valence-electron chi connectivity index (χ1n) is 9.26. The lowest BCUT2D eigenvalue weighted by atomic mass is 10.1. The van der Waals surface area contributed by atoms with Gasteiger partial charge in [0, 0.05) is 31.7 Å². The van der Waals surface area contributed by atoms with Crippen LogP contribution in [0.1, 0.15) is 11.1 Å². The quantitative estimate of drug-likeness (QED) is 0.474. The van der Waals surface area contributed by atoms with Crippen molar-refractivity contribution in [3.05, 3.63) is 59.8 Å². The molecule has 1 aromatic heterocycles. The Labute approximate surface area is 170 Å². The van der Waals surface area contributed by atoms with Crippen molar-refractivity contribution in [1.29, 1.82) is 0 Å². The monoisotopic (exact) mass is 394 g/mol. The number of pyridine rings is 1. The van der Waals surface area contributed by atoms with Crippen LogP contribution in [0.4, 0.5) is 0 Å². The van der Waals surface area contributed by atoms with E-state index in [1.807, 2.05) is 42.6 Å². The summed E-state index contributed by atoms with van der Waals surface area (Å²) in [4.78, 5) is 8.71. The van der Waals surface area contributed by atoms with Crippen LogP contribution in [-0.2, 0) is 13.1 Å². The van der Waals surface area contributed by atoms with Crippen LogP contribution in [0.25, 0.3) is 10.9 Å². The van der Waals surface area contributed by atoms with Crippen molar-refractivity contribution in [2.45, 2.75) is 13.1 Å². The fourth-order valence-corrected chi connectivity index (χ4v) is 3.13. The summed E-state index contributed by atoms with van der Waals surface area (Å²) in [5.41, 5.74) is 3.12. The summed E-state index contributed by atoms with van der Waals surface area (Å²) in [7, 11) is 6.55. The molecule has 2 N–H and O–H groups in total. The maximum atomic E-state index is 5.41. The minimum absolute atomic E-state index is 0.549. The number of nitrogens with one attached hydrogen (secondary N) is 2. The van der Waals surface area contributed by atoms with Gasteiger partial charge in [-0.15, -0.1) is 0 Å². The Balaban J connectivity index is 1.68. The number of methoxy groups -OCH3 is 3. The fourth-order valence-electron chi connectivity index (χ4n) is 3.13. The van der Waals surface area contributed by atoms with Gasteiger partial charge in [0.1, 0.15) is 0 Å². The van der Waals surface area contributed by atoms with Gasteiger partial charge in [0.05, 0.1) is 26.8 Å². The van der Waals surface area contributed by atoms with Crippen LogP contribution in [0.15, 0.2) is 53.7 Å². The molecule has 152 valence electrons. The summed E-state index contributed by atoms with van der Waals surface area (Å²) in [5, 5.41) is 7.79. The van der Waals surface area contributed by atoms with E-state index in [0.29, 0.717) is 36.3 Å². The lowest BCUT2D eigenvalue weighted by molar-refractivity contribution is 0.323. The van der Waals surface area contributed by atoms with Gasteiger partial charge in [-0.25, -0.2) is 0 Å². The number of aromatic nitrogens is 1. The lowest BCUT2D eigenvalue weighted by Gasteiger charge is -2.16. The summed E-state index contributed by atoms with van der Waals surface area (Å²) in [6.45, 7) is 1.19. The van der Waals surface area contributed by atoms with Gasteiger partial charge in [0.15, 0.2) is 17.5 Å². The van der Waals surface area contributed by atoms with Crippen molar-refractivity contribution in [1.82, 2.24) is 15.6 Å². The Morgan fingerprint density at radius 2 is 1.62 bits per heavy atom. The van der Waals surface area contributed by atoms with Crippen molar-refractivity contribution in [3.8, 4) is 17.2 Å². The highest BCUT2D eigenvalue weighted by atomic mass is 16.5. The number of hydrogen-bond acceptors (Lipinski definition) is 5. The molecule has 7 heteroatoms. The fraction of sp³-hybridized carbons (Fsp3) is 0.273. The van der Waals surface area contributed by atoms with Crippen LogP contribution in [0, 0.1) is 0 Å². The van der Waals surface area contributed by atoms with E-state index < -0.39 is 0 Å². The van der Waals surface area contributed by atoms with E-state index in [1.165, 1.54) is 0 Å². The zero-order valence-electron chi connectivity index (χ0n) is 17.2. The van der Waals surface area contributed by atoms with Crippen molar-refractivity contribution < 1.29 is 14.2 Å². The van der Waals surface area contributed by atoms with E-state index in [0.717, 1.165) is 22.0 Å². The molecule has 29 heavy (non-hydrogen) atoms. The highest BCUT2D eigenvalue weighted by Gasteiger charge is 2.13. The Bertz CT molecular complexity index is 974.